The Labute approximate surface area is 185 Å². The second-order valence-electron chi connectivity index (χ2n) is 8.18. The van der Waals surface area contributed by atoms with Crippen molar-refractivity contribution in [3.63, 3.8) is 0 Å². The summed E-state index contributed by atoms with van der Waals surface area (Å²) in [5.74, 6) is 0.577. The molecule has 0 spiro atoms. The summed E-state index contributed by atoms with van der Waals surface area (Å²) >= 11 is 0. The highest BCUT2D eigenvalue weighted by Gasteiger charge is 2.45. The maximum absolute atomic E-state index is 13.2. The Bertz CT molecular complexity index is 1210. The Hall–Kier alpha value is -3.71. The Morgan fingerprint density at radius 2 is 1.88 bits per heavy atom. The van der Waals surface area contributed by atoms with E-state index in [9.17, 15) is 9.90 Å². The number of hydrogen-bond donors (Lipinski definition) is 2. The molecule has 4 aromatic rings. The summed E-state index contributed by atoms with van der Waals surface area (Å²) in [5, 5.41) is 23.7. The van der Waals surface area contributed by atoms with Crippen molar-refractivity contribution in [2.75, 3.05) is 18.0 Å². The van der Waals surface area contributed by atoms with Crippen LogP contribution in [-0.4, -0.2) is 40.4 Å². The predicted octanol–water partition coefficient (Wildman–Crippen LogP) is 3.43. The van der Waals surface area contributed by atoms with Gasteiger partial charge in [0.25, 0.3) is 5.91 Å². The number of anilines is 1. The van der Waals surface area contributed by atoms with Crippen LogP contribution in [0.1, 0.15) is 28.2 Å². The number of benzene rings is 2. The van der Waals surface area contributed by atoms with Crippen LogP contribution in [0.15, 0.2) is 77.2 Å². The normalized spacial score (nSPS) is 20.9. The molecule has 1 fully saturated rings. The van der Waals surface area contributed by atoms with Crippen LogP contribution in [0.25, 0.3) is 11.0 Å². The fraction of sp³-hybridized carbons (Fsp3) is 0.240. The first-order valence-corrected chi connectivity index (χ1v) is 10.7. The molecule has 1 amide bonds. The lowest BCUT2D eigenvalue weighted by Gasteiger charge is -2.46. The molecular formula is C25H24N4O3. The molecule has 162 valence electrons. The standard InChI is InChI=1S/C25H24N4O3/c1-17-11-12-23(28-27-17)29-14-13-25(22(30)16-29,19-8-3-2-4-9-19)26-24(31)21-15-18-7-5-6-10-20(18)32-21/h2-12,15,22,30H,13-14,16H2,1H3,(H,26,31)/t22-,25+/m1/s1. The topological polar surface area (TPSA) is 91.5 Å². The first kappa shape index (κ1) is 20.2. The second kappa shape index (κ2) is 8.09. The lowest BCUT2D eigenvalue weighted by molar-refractivity contribution is 0.0354. The lowest BCUT2D eigenvalue weighted by Crippen LogP contribution is -2.62. The fourth-order valence-corrected chi connectivity index (χ4v) is 4.35. The van der Waals surface area contributed by atoms with E-state index in [0.717, 1.165) is 16.6 Å². The SMILES string of the molecule is Cc1ccc(N2CC[C@](NC(=O)c3cc4ccccc4o3)(c3ccccc3)[C@H](O)C2)nn1. The van der Waals surface area contributed by atoms with Gasteiger partial charge in [0.2, 0.25) is 0 Å². The molecule has 2 aromatic heterocycles. The monoisotopic (exact) mass is 428 g/mol. The Balaban J connectivity index is 1.45. The Morgan fingerprint density at radius 3 is 2.59 bits per heavy atom. The number of carbonyl (C=O) groups excluding carboxylic acids is 1. The van der Waals surface area contributed by atoms with E-state index in [1.807, 2.05) is 78.6 Å². The summed E-state index contributed by atoms with van der Waals surface area (Å²) in [4.78, 5) is 15.2. The van der Waals surface area contributed by atoms with Crippen LogP contribution in [0.4, 0.5) is 5.82 Å². The van der Waals surface area contributed by atoms with Crippen molar-refractivity contribution in [3.05, 3.63) is 89.8 Å². The minimum atomic E-state index is -0.952. The molecule has 1 aliphatic heterocycles. The van der Waals surface area contributed by atoms with Gasteiger partial charge in [0.15, 0.2) is 11.6 Å². The summed E-state index contributed by atoms with van der Waals surface area (Å²) in [6, 6.07) is 22.6. The number of carbonyl (C=O) groups is 1. The van der Waals surface area contributed by atoms with Crippen molar-refractivity contribution in [2.45, 2.75) is 25.0 Å². The van der Waals surface area contributed by atoms with Gasteiger partial charge in [-0.1, -0.05) is 48.5 Å². The van der Waals surface area contributed by atoms with Crippen LogP contribution < -0.4 is 10.2 Å². The van der Waals surface area contributed by atoms with Crippen molar-refractivity contribution in [3.8, 4) is 0 Å². The number of aryl methyl sites for hydroxylation is 1. The van der Waals surface area contributed by atoms with E-state index in [1.54, 1.807) is 6.07 Å². The fourth-order valence-electron chi connectivity index (χ4n) is 4.35. The minimum absolute atomic E-state index is 0.223. The van der Waals surface area contributed by atoms with Gasteiger partial charge in [0.05, 0.1) is 17.3 Å². The quantitative estimate of drug-likeness (QED) is 0.518. The summed E-state index contributed by atoms with van der Waals surface area (Å²) in [6.45, 7) is 2.80. The molecule has 2 atom stereocenters. The maximum atomic E-state index is 13.2. The number of β-amino-alcohol motifs (C(OH)–C–C–N with tert-alkyl or cyclic N) is 1. The summed E-state index contributed by atoms with van der Waals surface area (Å²) < 4.78 is 5.77. The van der Waals surface area contributed by atoms with Crippen LogP contribution in [-0.2, 0) is 5.54 Å². The van der Waals surface area contributed by atoms with E-state index in [0.29, 0.717) is 30.9 Å². The van der Waals surface area contributed by atoms with E-state index in [-0.39, 0.29) is 11.7 Å². The highest BCUT2D eigenvalue weighted by atomic mass is 16.3. The average Bonchev–Trinajstić information content (AvgIpc) is 3.26. The van der Waals surface area contributed by atoms with E-state index in [4.69, 9.17) is 4.42 Å². The predicted molar refractivity (Wildman–Crippen MR) is 121 cm³/mol. The van der Waals surface area contributed by atoms with Crippen LogP contribution in [0, 0.1) is 6.92 Å². The summed E-state index contributed by atoms with van der Waals surface area (Å²) in [6.07, 6.45) is -0.366. The summed E-state index contributed by atoms with van der Waals surface area (Å²) in [5.41, 5.74) is 1.39. The number of piperidine rings is 1. The third-order valence-corrected chi connectivity index (χ3v) is 6.12. The number of furan rings is 1. The largest absolute Gasteiger partial charge is 0.451 e. The van der Waals surface area contributed by atoms with Gasteiger partial charge in [-0.2, -0.15) is 5.10 Å². The van der Waals surface area contributed by atoms with Crippen LogP contribution in [0.3, 0.4) is 0 Å². The van der Waals surface area contributed by atoms with Gasteiger partial charge < -0.3 is 19.7 Å². The number of aliphatic hydroxyl groups excluding tert-OH is 1. The molecule has 32 heavy (non-hydrogen) atoms. The number of hydrogen-bond acceptors (Lipinski definition) is 6. The average molecular weight is 428 g/mol. The number of amides is 1. The van der Waals surface area contributed by atoms with Gasteiger partial charge in [-0.25, -0.2) is 0 Å². The zero-order valence-corrected chi connectivity index (χ0v) is 17.7. The van der Waals surface area contributed by atoms with Gasteiger partial charge in [0, 0.05) is 18.5 Å². The van der Waals surface area contributed by atoms with E-state index < -0.39 is 11.6 Å². The third-order valence-electron chi connectivity index (χ3n) is 6.12. The third kappa shape index (κ3) is 3.61. The van der Waals surface area contributed by atoms with E-state index in [2.05, 4.69) is 15.5 Å². The van der Waals surface area contributed by atoms with Gasteiger partial charge in [-0.15, -0.1) is 5.10 Å². The molecule has 0 saturated carbocycles. The molecule has 3 heterocycles. The molecular weight excluding hydrogens is 404 g/mol. The molecule has 0 bridgehead atoms. The van der Waals surface area contributed by atoms with Crippen molar-refractivity contribution in [1.29, 1.82) is 0 Å². The first-order chi connectivity index (χ1) is 15.5. The van der Waals surface area contributed by atoms with E-state index in [1.165, 1.54) is 0 Å². The van der Waals surface area contributed by atoms with Gasteiger partial charge >= 0.3 is 0 Å². The van der Waals surface area contributed by atoms with Crippen LogP contribution >= 0.6 is 0 Å². The molecule has 7 nitrogen and oxygen atoms in total. The molecule has 7 heteroatoms. The van der Waals surface area contributed by atoms with Crippen molar-refractivity contribution in [1.82, 2.24) is 15.5 Å². The zero-order valence-electron chi connectivity index (χ0n) is 17.7. The molecule has 1 aliphatic rings. The summed E-state index contributed by atoms with van der Waals surface area (Å²) in [7, 11) is 0. The molecule has 1 saturated heterocycles. The van der Waals surface area contributed by atoms with E-state index >= 15 is 0 Å². The molecule has 0 unspecified atom stereocenters. The number of nitrogens with one attached hydrogen (secondary N) is 1. The molecule has 5 rings (SSSR count). The molecule has 2 aromatic carbocycles. The van der Waals surface area contributed by atoms with Crippen LogP contribution in [0.5, 0.6) is 0 Å². The Morgan fingerprint density at radius 1 is 1.09 bits per heavy atom. The number of aromatic nitrogens is 2. The highest BCUT2D eigenvalue weighted by molar-refractivity contribution is 5.96. The smallest absolute Gasteiger partial charge is 0.287 e. The second-order valence-corrected chi connectivity index (χ2v) is 8.18. The molecule has 0 radical (unpaired) electrons. The van der Waals surface area contributed by atoms with Gasteiger partial charge in [-0.05, 0) is 43.2 Å². The highest BCUT2D eigenvalue weighted by Crippen LogP contribution is 2.35. The van der Waals surface area contributed by atoms with Crippen molar-refractivity contribution < 1.29 is 14.3 Å². The number of rotatable bonds is 4. The number of aliphatic hydroxyl groups is 1. The van der Waals surface area contributed by atoms with Crippen molar-refractivity contribution >= 4 is 22.7 Å². The number of fused-ring (bicyclic) bond motifs is 1. The van der Waals surface area contributed by atoms with Gasteiger partial charge in [0.1, 0.15) is 5.58 Å². The molecule has 0 aliphatic carbocycles. The first-order valence-electron chi connectivity index (χ1n) is 10.7. The number of para-hydroxylation sites is 1. The lowest BCUT2D eigenvalue weighted by atomic mass is 9.78. The zero-order chi connectivity index (χ0) is 22.1. The maximum Gasteiger partial charge on any atom is 0.287 e. The number of nitrogens with zero attached hydrogens (tertiary/aromatic N) is 3. The van der Waals surface area contributed by atoms with Gasteiger partial charge in [-0.3, -0.25) is 4.79 Å². The minimum Gasteiger partial charge on any atom is -0.451 e. The molecule has 2 N–H and O–H groups in total. The Kier molecular flexibility index (Phi) is 5.11. The van der Waals surface area contributed by atoms with Crippen molar-refractivity contribution in [2.24, 2.45) is 0 Å². The van der Waals surface area contributed by atoms with Crippen LogP contribution in [0.2, 0.25) is 0 Å².